The second-order valence-electron chi connectivity index (χ2n) is 4.19. The summed E-state index contributed by atoms with van der Waals surface area (Å²) in [4.78, 5) is 21.5. The molecule has 1 amide bonds. The number of carbonyl (C=O) groups is 1. The van der Waals surface area contributed by atoms with Crippen LogP contribution in [0, 0.1) is 16.0 Å². The Labute approximate surface area is 105 Å². The average molecular weight is 249 g/mol. The van der Waals surface area contributed by atoms with Crippen LogP contribution in [-0.2, 0) is 0 Å². The highest BCUT2D eigenvalue weighted by Crippen LogP contribution is 2.11. The van der Waals surface area contributed by atoms with Crippen LogP contribution >= 0.6 is 0 Å². The van der Waals surface area contributed by atoms with E-state index in [1.165, 1.54) is 24.3 Å². The quantitative estimate of drug-likeness (QED) is 0.494. The van der Waals surface area contributed by atoms with Crippen molar-refractivity contribution in [3.8, 4) is 0 Å². The Morgan fingerprint density at radius 1 is 1.44 bits per heavy atom. The third kappa shape index (κ3) is 4.32. The fourth-order valence-electron chi connectivity index (χ4n) is 1.17. The summed E-state index contributed by atoms with van der Waals surface area (Å²) in [7, 11) is 0. The molecule has 0 radical (unpaired) electrons. The predicted octanol–water partition coefficient (Wildman–Crippen LogP) is 2.36. The van der Waals surface area contributed by atoms with Gasteiger partial charge in [0.05, 0.1) is 4.92 Å². The molecule has 0 atom stereocenters. The minimum Gasteiger partial charge on any atom is -0.267 e. The Balaban J connectivity index is 2.57. The summed E-state index contributed by atoms with van der Waals surface area (Å²) >= 11 is 0. The van der Waals surface area contributed by atoms with Gasteiger partial charge >= 0.3 is 0 Å². The van der Waals surface area contributed by atoms with Crippen LogP contribution in [0.25, 0.3) is 0 Å². The van der Waals surface area contributed by atoms with E-state index in [1.54, 1.807) is 6.21 Å². The first-order valence-corrected chi connectivity index (χ1v) is 5.57. The number of non-ortho nitro benzene ring substituents is 1. The lowest BCUT2D eigenvalue weighted by atomic mass is 10.2. The third-order valence-electron chi connectivity index (χ3n) is 2.17. The van der Waals surface area contributed by atoms with Crippen LogP contribution in [0.5, 0.6) is 0 Å². The number of nitro benzene ring substituents is 1. The number of nitrogens with zero attached hydrogens (tertiary/aromatic N) is 2. The Morgan fingerprint density at radius 2 is 2.06 bits per heavy atom. The van der Waals surface area contributed by atoms with Gasteiger partial charge in [0.15, 0.2) is 0 Å². The predicted molar refractivity (Wildman–Crippen MR) is 68.5 cm³/mol. The summed E-state index contributed by atoms with van der Waals surface area (Å²) in [5.74, 6) is 0.0925. The van der Waals surface area contributed by atoms with Gasteiger partial charge < -0.3 is 0 Å². The van der Waals surface area contributed by atoms with E-state index in [4.69, 9.17) is 0 Å². The molecule has 1 N–H and O–H groups in total. The topological polar surface area (TPSA) is 84.6 Å². The van der Waals surface area contributed by atoms with Crippen molar-refractivity contribution < 1.29 is 9.72 Å². The molecule has 0 aliphatic carbocycles. The largest absolute Gasteiger partial charge is 0.271 e. The second-order valence-corrected chi connectivity index (χ2v) is 4.19. The lowest BCUT2D eigenvalue weighted by Crippen LogP contribution is -2.17. The Hall–Kier alpha value is -2.24. The summed E-state index contributed by atoms with van der Waals surface area (Å²) in [5.41, 5.74) is 2.65. The summed E-state index contributed by atoms with van der Waals surface area (Å²) < 4.78 is 0. The second kappa shape index (κ2) is 6.48. The van der Waals surface area contributed by atoms with Crippen LogP contribution in [0.15, 0.2) is 29.4 Å². The average Bonchev–Trinajstić information content (AvgIpc) is 2.34. The molecule has 0 saturated heterocycles. The minimum absolute atomic E-state index is 0.0464. The summed E-state index contributed by atoms with van der Waals surface area (Å²) in [6.07, 6.45) is 2.41. The smallest absolute Gasteiger partial charge is 0.267 e. The van der Waals surface area contributed by atoms with Gasteiger partial charge in [0, 0.05) is 23.9 Å². The molecule has 0 aliphatic rings. The highest BCUT2D eigenvalue weighted by Gasteiger charge is 2.08. The number of nitro groups is 1. The fraction of sp³-hybridized carbons (Fsp3) is 0.333. The van der Waals surface area contributed by atoms with E-state index in [0.29, 0.717) is 11.5 Å². The fourth-order valence-corrected chi connectivity index (χ4v) is 1.17. The molecule has 0 spiro atoms. The number of amides is 1. The monoisotopic (exact) mass is 249 g/mol. The van der Waals surface area contributed by atoms with Crippen molar-refractivity contribution in [1.29, 1.82) is 0 Å². The van der Waals surface area contributed by atoms with Crippen LogP contribution in [-0.4, -0.2) is 17.0 Å². The first kappa shape index (κ1) is 13.8. The molecule has 6 heteroatoms. The molecule has 1 aromatic rings. The van der Waals surface area contributed by atoms with Crippen LogP contribution in [0.2, 0.25) is 0 Å². The van der Waals surface area contributed by atoms with Gasteiger partial charge in [-0.05, 0) is 24.5 Å². The summed E-state index contributed by atoms with van der Waals surface area (Å²) in [6, 6.07) is 5.36. The van der Waals surface area contributed by atoms with Gasteiger partial charge in [0.2, 0.25) is 0 Å². The molecule has 0 saturated carbocycles. The lowest BCUT2D eigenvalue weighted by Gasteiger charge is -2.00. The molecular weight excluding hydrogens is 234 g/mol. The first-order chi connectivity index (χ1) is 8.50. The number of hydrogen-bond donors (Lipinski definition) is 1. The standard InChI is InChI=1S/C12H15N3O3/c1-9(2)7-8-13-14-12(16)10-3-5-11(6-4-10)15(17)18/h3-6,8-9H,7H2,1-2H3,(H,14,16). The number of hydrogen-bond acceptors (Lipinski definition) is 4. The molecule has 0 bridgehead atoms. The van der Waals surface area contributed by atoms with Gasteiger partial charge in [-0.15, -0.1) is 0 Å². The number of benzene rings is 1. The number of hydrazone groups is 1. The van der Waals surface area contributed by atoms with E-state index in [9.17, 15) is 14.9 Å². The Bertz CT molecular complexity index is 452. The van der Waals surface area contributed by atoms with Gasteiger partial charge in [0.25, 0.3) is 11.6 Å². The van der Waals surface area contributed by atoms with Crippen LogP contribution in [0.1, 0.15) is 30.6 Å². The molecule has 0 aliphatic heterocycles. The number of rotatable bonds is 5. The van der Waals surface area contributed by atoms with Crippen molar-refractivity contribution in [2.24, 2.45) is 11.0 Å². The lowest BCUT2D eigenvalue weighted by molar-refractivity contribution is -0.384. The van der Waals surface area contributed by atoms with Gasteiger partial charge in [-0.25, -0.2) is 5.43 Å². The van der Waals surface area contributed by atoms with Crippen molar-refractivity contribution in [3.63, 3.8) is 0 Å². The zero-order valence-electron chi connectivity index (χ0n) is 10.3. The zero-order chi connectivity index (χ0) is 13.5. The van der Waals surface area contributed by atoms with Crippen molar-refractivity contribution in [1.82, 2.24) is 5.43 Å². The van der Waals surface area contributed by atoms with Crippen LogP contribution in [0.3, 0.4) is 0 Å². The van der Waals surface area contributed by atoms with Crippen LogP contribution < -0.4 is 5.43 Å². The minimum atomic E-state index is -0.511. The molecule has 0 fully saturated rings. The summed E-state index contributed by atoms with van der Waals surface area (Å²) in [6.45, 7) is 4.09. The van der Waals surface area contributed by atoms with Gasteiger partial charge in [-0.3, -0.25) is 14.9 Å². The van der Waals surface area contributed by atoms with E-state index >= 15 is 0 Å². The normalized spacial score (nSPS) is 10.8. The van der Waals surface area contributed by atoms with E-state index in [2.05, 4.69) is 10.5 Å². The molecule has 1 aromatic carbocycles. The zero-order valence-corrected chi connectivity index (χ0v) is 10.3. The maximum absolute atomic E-state index is 11.6. The van der Waals surface area contributed by atoms with Crippen molar-refractivity contribution >= 4 is 17.8 Å². The molecule has 96 valence electrons. The molecule has 0 heterocycles. The van der Waals surface area contributed by atoms with Gasteiger partial charge in [-0.1, -0.05) is 13.8 Å². The molecule has 0 unspecified atom stereocenters. The number of carbonyl (C=O) groups excluding carboxylic acids is 1. The van der Waals surface area contributed by atoms with Crippen LogP contribution in [0.4, 0.5) is 5.69 Å². The highest BCUT2D eigenvalue weighted by atomic mass is 16.6. The van der Waals surface area contributed by atoms with E-state index < -0.39 is 4.92 Å². The SMILES string of the molecule is CC(C)CC=NNC(=O)c1ccc([N+](=O)[O-])cc1. The van der Waals surface area contributed by atoms with Crippen molar-refractivity contribution in [3.05, 3.63) is 39.9 Å². The number of nitrogens with one attached hydrogen (secondary N) is 1. The first-order valence-electron chi connectivity index (χ1n) is 5.57. The Morgan fingerprint density at radius 3 is 2.56 bits per heavy atom. The highest BCUT2D eigenvalue weighted by molar-refractivity contribution is 5.94. The van der Waals surface area contributed by atoms with Crippen molar-refractivity contribution in [2.45, 2.75) is 20.3 Å². The maximum Gasteiger partial charge on any atom is 0.271 e. The van der Waals surface area contributed by atoms with Crippen molar-refractivity contribution in [2.75, 3.05) is 0 Å². The molecule has 1 rings (SSSR count). The summed E-state index contributed by atoms with van der Waals surface area (Å²) in [5, 5.41) is 14.2. The third-order valence-corrected chi connectivity index (χ3v) is 2.17. The van der Waals surface area contributed by atoms with Gasteiger partial charge in [0.1, 0.15) is 0 Å². The molecule has 18 heavy (non-hydrogen) atoms. The van der Waals surface area contributed by atoms with E-state index in [-0.39, 0.29) is 11.6 Å². The maximum atomic E-state index is 11.6. The van der Waals surface area contributed by atoms with Gasteiger partial charge in [-0.2, -0.15) is 5.10 Å². The van der Waals surface area contributed by atoms with E-state index in [1.807, 2.05) is 13.8 Å². The molecular formula is C12H15N3O3. The molecule has 0 aromatic heterocycles. The van der Waals surface area contributed by atoms with E-state index in [0.717, 1.165) is 6.42 Å². The molecule has 6 nitrogen and oxygen atoms in total. The Kier molecular flexibility index (Phi) is 4.98.